The lowest BCUT2D eigenvalue weighted by Crippen LogP contribution is -2.15. The molecule has 0 aromatic rings. The van der Waals surface area contributed by atoms with Gasteiger partial charge in [0, 0.05) is 12.2 Å². The molecular formula is C5H7NO4. The summed E-state index contributed by atoms with van der Waals surface area (Å²) in [5.41, 5.74) is 1.31. The second kappa shape index (κ2) is 4.51. The van der Waals surface area contributed by atoms with Crippen LogP contribution in [0.5, 0.6) is 0 Å². The fourth-order valence-electron chi connectivity index (χ4n) is 0.249. The molecule has 0 unspecified atom stereocenters. The van der Waals surface area contributed by atoms with Crippen molar-refractivity contribution in [1.82, 2.24) is 5.48 Å². The summed E-state index contributed by atoms with van der Waals surface area (Å²) in [6.07, 6.45) is 1.75. The van der Waals surface area contributed by atoms with Crippen molar-refractivity contribution >= 4 is 11.9 Å². The Morgan fingerprint density at radius 2 is 2.10 bits per heavy atom. The zero-order valence-corrected chi connectivity index (χ0v) is 5.33. The molecule has 0 aliphatic heterocycles. The molecular weight excluding hydrogens is 138 g/mol. The molecule has 1 amide bonds. The lowest BCUT2D eigenvalue weighted by molar-refractivity contribution is -0.135. The summed E-state index contributed by atoms with van der Waals surface area (Å²) in [6.45, 7) is 0. The fourth-order valence-corrected chi connectivity index (χ4v) is 0.249. The van der Waals surface area contributed by atoms with Crippen LogP contribution in [0.1, 0.15) is 0 Å². The largest absolute Gasteiger partial charge is 0.466 e. The predicted molar refractivity (Wildman–Crippen MR) is 31.1 cm³/mol. The molecule has 0 aliphatic carbocycles. The highest BCUT2D eigenvalue weighted by atomic mass is 16.5. The van der Waals surface area contributed by atoms with E-state index in [1.165, 1.54) is 12.6 Å². The number of methoxy groups -OCH3 is 1. The molecule has 0 heterocycles. The molecule has 56 valence electrons. The summed E-state index contributed by atoms with van der Waals surface area (Å²) in [6, 6.07) is 0. The van der Waals surface area contributed by atoms with Crippen LogP contribution in [-0.4, -0.2) is 24.2 Å². The van der Waals surface area contributed by atoms with E-state index in [0.717, 1.165) is 12.2 Å². The number of hydroxylamine groups is 1. The molecule has 0 aliphatic rings. The topological polar surface area (TPSA) is 75.6 Å². The van der Waals surface area contributed by atoms with Crippen LogP contribution >= 0.6 is 0 Å². The van der Waals surface area contributed by atoms with Crippen molar-refractivity contribution < 1.29 is 19.5 Å². The number of esters is 1. The van der Waals surface area contributed by atoms with E-state index in [1.54, 1.807) is 0 Å². The van der Waals surface area contributed by atoms with Crippen LogP contribution in [0, 0.1) is 0 Å². The Bertz CT molecular complexity index is 145. The summed E-state index contributed by atoms with van der Waals surface area (Å²) in [7, 11) is 1.18. The molecule has 0 rings (SSSR count). The molecule has 2 N–H and O–H groups in total. The summed E-state index contributed by atoms with van der Waals surface area (Å²) in [4.78, 5) is 20.4. The Morgan fingerprint density at radius 3 is 2.50 bits per heavy atom. The first-order valence-corrected chi connectivity index (χ1v) is 2.40. The van der Waals surface area contributed by atoms with E-state index in [-0.39, 0.29) is 0 Å². The number of nitrogens with one attached hydrogen (secondary N) is 1. The summed E-state index contributed by atoms with van der Waals surface area (Å²) in [5.74, 6) is -1.42. The molecule has 10 heavy (non-hydrogen) atoms. The lowest BCUT2D eigenvalue weighted by Gasteiger charge is -1.88. The van der Waals surface area contributed by atoms with E-state index >= 15 is 0 Å². The van der Waals surface area contributed by atoms with Crippen LogP contribution in [0.15, 0.2) is 12.2 Å². The average molecular weight is 145 g/mol. The molecule has 0 aromatic carbocycles. The first-order chi connectivity index (χ1) is 4.70. The SMILES string of the molecule is COC(=O)/C=C/C(=O)NO. The van der Waals surface area contributed by atoms with Gasteiger partial charge in [0.2, 0.25) is 0 Å². The van der Waals surface area contributed by atoms with Crippen molar-refractivity contribution in [2.75, 3.05) is 7.11 Å². The zero-order valence-electron chi connectivity index (χ0n) is 5.33. The molecule has 0 fully saturated rings. The van der Waals surface area contributed by atoms with Gasteiger partial charge in [0.05, 0.1) is 7.11 Å². The van der Waals surface area contributed by atoms with Gasteiger partial charge in [-0.15, -0.1) is 0 Å². The summed E-state index contributed by atoms with van der Waals surface area (Å²) >= 11 is 0. The molecule has 0 spiro atoms. The van der Waals surface area contributed by atoms with Crippen molar-refractivity contribution in [3.05, 3.63) is 12.2 Å². The van der Waals surface area contributed by atoms with Gasteiger partial charge >= 0.3 is 5.97 Å². The quantitative estimate of drug-likeness (QED) is 0.231. The van der Waals surface area contributed by atoms with Gasteiger partial charge in [-0.3, -0.25) is 10.0 Å². The van der Waals surface area contributed by atoms with E-state index in [2.05, 4.69) is 4.74 Å². The van der Waals surface area contributed by atoms with Gasteiger partial charge in [0.1, 0.15) is 0 Å². The molecule has 0 saturated carbocycles. The minimum atomic E-state index is -0.773. The van der Waals surface area contributed by atoms with Crippen LogP contribution in [0.2, 0.25) is 0 Å². The minimum absolute atomic E-state index is 0.649. The van der Waals surface area contributed by atoms with Crippen molar-refractivity contribution in [2.24, 2.45) is 0 Å². The van der Waals surface area contributed by atoms with Crippen molar-refractivity contribution in [3.63, 3.8) is 0 Å². The Labute approximate surface area is 57.2 Å². The van der Waals surface area contributed by atoms with Crippen LogP contribution in [0.4, 0.5) is 0 Å². The Balaban J connectivity index is 3.75. The van der Waals surface area contributed by atoms with Crippen LogP contribution < -0.4 is 5.48 Å². The molecule has 0 bridgehead atoms. The van der Waals surface area contributed by atoms with Crippen molar-refractivity contribution in [2.45, 2.75) is 0 Å². The number of amides is 1. The average Bonchev–Trinajstić information content (AvgIpc) is 1.99. The molecule has 0 saturated heterocycles. The van der Waals surface area contributed by atoms with E-state index < -0.39 is 11.9 Å². The predicted octanol–water partition coefficient (Wildman–Crippen LogP) is -0.779. The third kappa shape index (κ3) is 3.62. The summed E-state index contributed by atoms with van der Waals surface area (Å²) in [5, 5.41) is 7.92. The monoisotopic (exact) mass is 145 g/mol. The zero-order chi connectivity index (χ0) is 7.98. The van der Waals surface area contributed by atoms with E-state index in [9.17, 15) is 9.59 Å². The maximum Gasteiger partial charge on any atom is 0.330 e. The summed E-state index contributed by atoms with van der Waals surface area (Å²) < 4.78 is 4.16. The minimum Gasteiger partial charge on any atom is -0.466 e. The van der Waals surface area contributed by atoms with Crippen LogP contribution in [0.3, 0.4) is 0 Å². The van der Waals surface area contributed by atoms with Crippen LogP contribution in [-0.2, 0) is 14.3 Å². The van der Waals surface area contributed by atoms with E-state index in [4.69, 9.17) is 5.21 Å². The van der Waals surface area contributed by atoms with Gasteiger partial charge in [0.25, 0.3) is 5.91 Å². The highest BCUT2D eigenvalue weighted by Gasteiger charge is 1.93. The maximum atomic E-state index is 10.3. The highest BCUT2D eigenvalue weighted by molar-refractivity contribution is 5.93. The smallest absolute Gasteiger partial charge is 0.330 e. The van der Waals surface area contributed by atoms with Gasteiger partial charge in [-0.05, 0) is 0 Å². The Hall–Kier alpha value is -1.36. The molecule has 0 radical (unpaired) electrons. The highest BCUT2D eigenvalue weighted by Crippen LogP contribution is 1.76. The molecule has 5 nitrogen and oxygen atoms in total. The number of carbonyl (C=O) groups is 2. The second-order valence-corrected chi connectivity index (χ2v) is 1.33. The Morgan fingerprint density at radius 1 is 1.50 bits per heavy atom. The standard InChI is InChI=1S/C5H7NO4/c1-10-5(8)3-2-4(7)6-9/h2-3,9H,1H3,(H,6,7)/b3-2+. The number of carbonyl (C=O) groups excluding carboxylic acids is 2. The lowest BCUT2D eigenvalue weighted by atomic mass is 10.5. The van der Waals surface area contributed by atoms with Crippen molar-refractivity contribution in [1.29, 1.82) is 0 Å². The first kappa shape index (κ1) is 8.64. The van der Waals surface area contributed by atoms with E-state index in [0.29, 0.717) is 0 Å². The number of hydrogen-bond donors (Lipinski definition) is 2. The fraction of sp³-hybridized carbons (Fsp3) is 0.200. The Kier molecular flexibility index (Phi) is 3.90. The normalized spacial score (nSPS) is 9.40. The van der Waals surface area contributed by atoms with Gasteiger partial charge in [-0.1, -0.05) is 0 Å². The third-order valence-electron chi connectivity index (χ3n) is 0.682. The maximum absolute atomic E-state index is 10.3. The van der Waals surface area contributed by atoms with E-state index in [1.807, 2.05) is 0 Å². The van der Waals surface area contributed by atoms with Gasteiger partial charge in [-0.25, -0.2) is 10.3 Å². The second-order valence-electron chi connectivity index (χ2n) is 1.33. The number of rotatable bonds is 2. The molecule has 0 atom stereocenters. The van der Waals surface area contributed by atoms with Gasteiger partial charge < -0.3 is 4.74 Å². The van der Waals surface area contributed by atoms with Gasteiger partial charge in [-0.2, -0.15) is 0 Å². The first-order valence-electron chi connectivity index (χ1n) is 2.40. The molecule has 0 aromatic heterocycles. The number of ether oxygens (including phenoxy) is 1. The van der Waals surface area contributed by atoms with Crippen LogP contribution in [0.25, 0.3) is 0 Å². The number of hydrogen-bond acceptors (Lipinski definition) is 4. The van der Waals surface area contributed by atoms with Gasteiger partial charge in [0.15, 0.2) is 0 Å². The van der Waals surface area contributed by atoms with Crippen molar-refractivity contribution in [3.8, 4) is 0 Å². The third-order valence-corrected chi connectivity index (χ3v) is 0.682. The molecule has 5 heteroatoms.